The first-order valence-electron chi connectivity index (χ1n) is 5.04. The maximum absolute atomic E-state index is 13.5. The molecular formula is C12H16BrFO2. The van der Waals surface area contributed by atoms with Crippen LogP contribution >= 0.6 is 15.9 Å². The summed E-state index contributed by atoms with van der Waals surface area (Å²) in [7, 11) is 1.57. The van der Waals surface area contributed by atoms with E-state index in [4.69, 9.17) is 4.74 Å². The van der Waals surface area contributed by atoms with Gasteiger partial charge in [0.2, 0.25) is 0 Å². The van der Waals surface area contributed by atoms with E-state index in [1.165, 1.54) is 6.07 Å². The van der Waals surface area contributed by atoms with Crippen LogP contribution in [0.3, 0.4) is 0 Å². The standard InChI is InChI=1S/C12H16BrFO2/c1-12(2,16-3)7-11(15)9-6-8(13)4-5-10(9)14/h4-6,11,15H,7H2,1-3H3. The second-order valence-corrected chi connectivity index (χ2v) is 5.27. The van der Waals surface area contributed by atoms with Gasteiger partial charge in [-0.2, -0.15) is 0 Å². The lowest BCUT2D eigenvalue weighted by molar-refractivity contribution is -0.0207. The molecule has 1 aromatic carbocycles. The molecule has 0 spiro atoms. The predicted octanol–water partition coefficient (Wildman–Crippen LogP) is 3.44. The van der Waals surface area contributed by atoms with Crippen LogP contribution in [0.1, 0.15) is 31.9 Å². The molecule has 2 nitrogen and oxygen atoms in total. The number of aliphatic hydroxyl groups is 1. The number of halogens is 2. The summed E-state index contributed by atoms with van der Waals surface area (Å²) in [5, 5.41) is 9.95. The molecule has 0 bridgehead atoms. The second kappa shape index (κ2) is 5.25. The van der Waals surface area contributed by atoms with Crippen molar-refractivity contribution >= 4 is 15.9 Å². The van der Waals surface area contributed by atoms with Crippen molar-refractivity contribution in [3.05, 3.63) is 34.1 Å². The quantitative estimate of drug-likeness (QED) is 0.921. The molecule has 0 heterocycles. The Morgan fingerprint density at radius 3 is 2.69 bits per heavy atom. The molecule has 0 aliphatic carbocycles. The molecule has 1 atom stereocenters. The molecule has 0 fully saturated rings. The van der Waals surface area contributed by atoms with Crippen LogP contribution < -0.4 is 0 Å². The summed E-state index contributed by atoms with van der Waals surface area (Å²) in [4.78, 5) is 0. The molecule has 90 valence electrons. The summed E-state index contributed by atoms with van der Waals surface area (Å²) < 4.78 is 19.4. The van der Waals surface area contributed by atoms with Crippen LogP contribution in [0.25, 0.3) is 0 Å². The zero-order chi connectivity index (χ0) is 12.3. The highest BCUT2D eigenvalue weighted by atomic mass is 79.9. The third kappa shape index (κ3) is 3.54. The Morgan fingerprint density at radius 2 is 2.12 bits per heavy atom. The molecule has 0 saturated carbocycles. The zero-order valence-electron chi connectivity index (χ0n) is 9.63. The van der Waals surface area contributed by atoms with Gasteiger partial charge in [-0.15, -0.1) is 0 Å². The van der Waals surface area contributed by atoms with E-state index in [2.05, 4.69) is 15.9 Å². The van der Waals surface area contributed by atoms with Gasteiger partial charge in [0.25, 0.3) is 0 Å². The average molecular weight is 291 g/mol. The van der Waals surface area contributed by atoms with Gasteiger partial charge >= 0.3 is 0 Å². The second-order valence-electron chi connectivity index (χ2n) is 4.35. The third-order valence-electron chi connectivity index (χ3n) is 2.55. The molecule has 0 aliphatic rings. The topological polar surface area (TPSA) is 29.5 Å². The van der Waals surface area contributed by atoms with Gasteiger partial charge in [-0.25, -0.2) is 4.39 Å². The van der Waals surface area contributed by atoms with Crippen LogP contribution in [-0.2, 0) is 4.74 Å². The number of aliphatic hydroxyl groups excluding tert-OH is 1. The van der Waals surface area contributed by atoms with E-state index in [1.807, 2.05) is 13.8 Å². The minimum atomic E-state index is -0.868. The highest BCUT2D eigenvalue weighted by Gasteiger charge is 2.24. The molecule has 0 amide bonds. The van der Waals surface area contributed by atoms with Crippen LogP contribution in [0, 0.1) is 5.82 Å². The predicted molar refractivity (Wildman–Crippen MR) is 64.8 cm³/mol. The molecule has 1 N–H and O–H groups in total. The molecule has 0 aromatic heterocycles. The van der Waals surface area contributed by atoms with Crippen molar-refractivity contribution in [3.63, 3.8) is 0 Å². The summed E-state index contributed by atoms with van der Waals surface area (Å²) in [5.74, 6) is -0.400. The molecule has 1 aromatic rings. The summed E-state index contributed by atoms with van der Waals surface area (Å²) in [6.45, 7) is 3.71. The van der Waals surface area contributed by atoms with Crippen molar-refractivity contribution in [2.24, 2.45) is 0 Å². The van der Waals surface area contributed by atoms with Gasteiger partial charge in [0, 0.05) is 23.6 Å². The van der Waals surface area contributed by atoms with E-state index in [0.717, 1.165) is 4.47 Å². The van der Waals surface area contributed by atoms with Gasteiger partial charge in [-0.3, -0.25) is 0 Å². The molecule has 0 saturated heterocycles. The highest BCUT2D eigenvalue weighted by molar-refractivity contribution is 9.10. The van der Waals surface area contributed by atoms with Gasteiger partial charge < -0.3 is 9.84 Å². The van der Waals surface area contributed by atoms with E-state index in [1.54, 1.807) is 19.2 Å². The fourth-order valence-corrected chi connectivity index (χ4v) is 1.81. The van der Waals surface area contributed by atoms with E-state index >= 15 is 0 Å². The Kier molecular flexibility index (Phi) is 4.47. The fourth-order valence-electron chi connectivity index (χ4n) is 1.43. The first kappa shape index (κ1) is 13.6. The molecule has 1 rings (SSSR count). The Labute approximate surface area is 104 Å². The number of hydrogen-bond acceptors (Lipinski definition) is 2. The SMILES string of the molecule is COC(C)(C)CC(O)c1cc(Br)ccc1F. The third-order valence-corrected chi connectivity index (χ3v) is 3.05. The molecule has 1 unspecified atom stereocenters. The Balaban J connectivity index is 2.88. The van der Waals surface area contributed by atoms with Crippen LogP contribution in [0.4, 0.5) is 4.39 Å². The van der Waals surface area contributed by atoms with Crippen molar-refractivity contribution in [3.8, 4) is 0 Å². The van der Waals surface area contributed by atoms with E-state index < -0.39 is 17.5 Å². The first-order valence-corrected chi connectivity index (χ1v) is 5.83. The van der Waals surface area contributed by atoms with Crippen molar-refractivity contribution in [1.82, 2.24) is 0 Å². The zero-order valence-corrected chi connectivity index (χ0v) is 11.2. The van der Waals surface area contributed by atoms with Gasteiger partial charge in [-0.1, -0.05) is 15.9 Å². The molecule has 0 aliphatic heterocycles. The Bertz CT molecular complexity index is 366. The fraction of sp³-hybridized carbons (Fsp3) is 0.500. The van der Waals surface area contributed by atoms with Crippen LogP contribution in [0.2, 0.25) is 0 Å². The number of hydrogen-bond donors (Lipinski definition) is 1. The first-order chi connectivity index (χ1) is 7.35. The molecule has 0 radical (unpaired) electrons. The van der Waals surface area contributed by atoms with Gasteiger partial charge in [0.15, 0.2) is 0 Å². The Hall–Kier alpha value is -0.450. The maximum atomic E-state index is 13.5. The van der Waals surface area contributed by atoms with E-state index in [9.17, 15) is 9.50 Å². The average Bonchev–Trinajstić information content (AvgIpc) is 2.21. The summed E-state index contributed by atoms with van der Waals surface area (Å²) in [6.07, 6.45) is -0.524. The van der Waals surface area contributed by atoms with E-state index in [0.29, 0.717) is 12.0 Å². The summed E-state index contributed by atoms with van der Waals surface area (Å²) in [5.41, 5.74) is -0.187. The minimum Gasteiger partial charge on any atom is -0.388 e. The molecule has 16 heavy (non-hydrogen) atoms. The maximum Gasteiger partial charge on any atom is 0.129 e. The molecular weight excluding hydrogens is 275 g/mol. The van der Waals surface area contributed by atoms with Crippen molar-refractivity contribution in [2.75, 3.05) is 7.11 Å². The van der Waals surface area contributed by atoms with Gasteiger partial charge in [0.05, 0.1) is 11.7 Å². The van der Waals surface area contributed by atoms with Crippen LogP contribution in [0.5, 0.6) is 0 Å². The summed E-state index contributed by atoms with van der Waals surface area (Å²) >= 11 is 3.25. The lowest BCUT2D eigenvalue weighted by Crippen LogP contribution is -2.25. The Morgan fingerprint density at radius 1 is 1.50 bits per heavy atom. The smallest absolute Gasteiger partial charge is 0.129 e. The van der Waals surface area contributed by atoms with Crippen molar-refractivity contribution < 1.29 is 14.2 Å². The van der Waals surface area contributed by atoms with Crippen LogP contribution in [0.15, 0.2) is 22.7 Å². The van der Waals surface area contributed by atoms with Crippen molar-refractivity contribution in [2.45, 2.75) is 32.0 Å². The highest BCUT2D eigenvalue weighted by Crippen LogP contribution is 2.29. The minimum absolute atomic E-state index is 0.291. The van der Waals surface area contributed by atoms with Crippen LogP contribution in [-0.4, -0.2) is 17.8 Å². The van der Waals surface area contributed by atoms with E-state index in [-0.39, 0.29) is 0 Å². The number of methoxy groups -OCH3 is 1. The lowest BCUT2D eigenvalue weighted by Gasteiger charge is -2.26. The lowest BCUT2D eigenvalue weighted by atomic mass is 9.95. The normalized spacial score (nSPS) is 13.9. The number of benzene rings is 1. The summed E-state index contributed by atoms with van der Waals surface area (Å²) in [6, 6.07) is 4.53. The van der Waals surface area contributed by atoms with Gasteiger partial charge in [0.1, 0.15) is 5.82 Å². The molecule has 4 heteroatoms. The number of ether oxygens (including phenoxy) is 1. The largest absolute Gasteiger partial charge is 0.388 e. The monoisotopic (exact) mass is 290 g/mol. The van der Waals surface area contributed by atoms with Gasteiger partial charge in [-0.05, 0) is 32.0 Å². The van der Waals surface area contributed by atoms with Crippen molar-refractivity contribution in [1.29, 1.82) is 0 Å². The number of rotatable bonds is 4.